The average Bonchev–Trinajstić information content (AvgIpc) is 3.67. The van der Waals surface area contributed by atoms with Crippen molar-refractivity contribution in [2.45, 2.75) is 59.6 Å². The van der Waals surface area contributed by atoms with Gasteiger partial charge in [-0.3, -0.25) is 14.5 Å². The molecule has 2 aliphatic heterocycles. The average molecular weight is 647 g/mol. The maximum absolute atomic E-state index is 13.8. The first kappa shape index (κ1) is 32.7. The fourth-order valence-electron chi connectivity index (χ4n) is 5.43. The smallest absolute Gasteiger partial charge is 0.350 e. The Bertz CT molecular complexity index is 1710. The molecule has 3 heterocycles. The summed E-state index contributed by atoms with van der Waals surface area (Å²) in [5.74, 6) is -0.608. The molecular weight excluding hydrogens is 608 g/mol. The van der Waals surface area contributed by atoms with Gasteiger partial charge < -0.3 is 24.1 Å². The number of ketones is 1. The standard InChI is InChI=1S/C35H38N2O8S/c1-7-14-44-34(41)32-21(6)36-35(46-32)37-29(22-9-12-26(27(18-22)42-8-2)43-15-13-19(3)4)28(31(39)33(37)40)30(38)23-10-11-25-24(17-23)16-20(5)45-25/h7,9-12,17-20,29,38H,1,8,13-16H2,2-6H3/b30-28-. The topological polar surface area (TPSA) is 124 Å². The van der Waals surface area contributed by atoms with Gasteiger partial charge in [-0.2, -0.15) is 0 Å². The van der Waals surface area contributed by atoms with E-state index < -0.39 is 23.7 Å². The largest absolute Gasteiger partial charge is 0.507 e. The highest BCUT2D eigenvalue weighted by molar-refractivity contribution is 7.17. The van der Waals surface area contributed by atoms with Gasteiger partial charge in [-0.05, 0) is 74.6 Å². The molecule has 1 aromatic heterocycles. The molecule has 1 saturated heterocycles. The molecule has 10 nitrogen and oxygen atoms in total. The van der Waals surface area contributed by atoms with Crippen LogP contribution in [0.25, 0.3) is 5.76 Å². The monoisotopic (exact) mass is 646 g/mol. The number of benzene rings is 2. The summed E-state index contributed by atoms with van der Waals surface area (Å²) < 4.78 is 23.0. The van der Waals surface area contributed by atoms with Gasteiger partial charge in [0.15, 0.2) is 16.6 Å². The maximum Gasteiger partial charge on any atom is 0.350 e. The normalized spacial score (nSPS) is 18.4. The summed E-state index contributed by atoms with van der Waals surface area (Å²) in [5, 5.41) is 11.8. The Labute approximate surface area is 272 Å². The van der Waals surface area contributed by atoms with E-state index in [2.05, 4.69) is 25.4 Å². The highest BCUT2D eigenvalue weighted by atomic mass is 32.1. The van der Waals surface area contributed by atoms with Gasteiger partial charge in [-0.25, -0.2) is 9.78 Å². The Hall–Kier alpha value is -4.64. The first-order valence-electron chi connectivity index (χ1n) is 15.3. The van der Waals surface area contributed by atoms with E-state index in [0.29, 0.717) is 59.6 Å². The number of aromatic nitrogens is 1. The van der Waals surface area contributed by atoms with Crippen LogP contribution in [0, 0.1) is 12.8 Å². The Kier molecular flexibility index (Phi) is 9.81. The van der Waals surface area contributed by atoms with Gasteiger partial charge in [0.25, 0.3) is 5.78 Å². The van der Waals surface area contributed by atoms with E-state index in [0.717, 1.165) is 23.3 Å². The van der Waals surface area contributed by atoms with Crippen molar-refractivity contribution in [3.05, 3.63) is 81.9 Å². The zero-order valence-electron chi connectivity index (χ0n) is 26.6. The molecule has 2 aromatic carbocycles. The molecule has 0 bridgehead atoms. The van der Waals surface area contributed by atoms with E-state index in [4.69, 9.17) is 18.9 Å². The van der Waals surface area contributed by atoms with E-state index in [1.807, 2.05) is 13.8 Å². The summed E-state index contributed by atoms with van der Waals surface area (Å²) in [6.07, 6.45) is 2.93. The number of esters is 1. The lowest BCUT2D eigenvalue weighted by molar-refractivity contribution is -0.132. The number of thiazole rings is 1. The van der Waals surface area contributed by atoms with Crippen molar-refractivity contribution in [1.82, 2.24) is 4.98 Å². The number of aliphatic hydroxyl groups excluding tert-OH is 1. The number of ether oxygens (including phenoxy) is 4. The van der Waals surface area contributed by atoms with Crippen LogP contribution in [0.2, 0.25) is 0 Å². The molecule has 1 fully saturated rings. The van der Waals surface area contributed by atoms with Crippen molar-refractivity contribution in [2.24, 2.45) is 5.92 Å². The van der Waals surface area contributed by atoms with Crippen molar-refractivity contribution >= 4 is 39.9 Å². The lowest BCUT2D eigenvalue weighted by Gasteiger charge is -2.24. The number of Topliss-reactive ketones (excluding diaryl/α,β-unsaturated/α-hetero) is 1. The third-order valence-electron chi connectivity index (χ3n) is 7.66. The lowest BCUT2D eigenvalue weighted by atomic mass is 9.94. The van der Waals surface area contributed by atoms with Gasteiger partial charge in [0, 0.05) is 12.0 Å². The Morgan fingerprint density at radius 3 is 2.70 bits per heavy atom. The second-order valence-corrected chi connectivity index (χ2v) is 12.6. The summed E-state index contributed by atoms with van der Waals surface area (Å²) in [6.45, 7) is 14.1. The first-order valence-corrected chi connectivity index (χ1v) is 16.1. The molecule has 0 aliphatic carbocycles. The van der Waals surface area contributed by atoms with E-state index in [9.17, 15) is 19.5 Å². The number of fused-ring (bicyclic) bond motifs is 1. The van der Waals surface area contributed by atoms with Crippen molar-refractivity contribution in [2.75, 3.05) is 24.7 Å². The van der Waals surface area contributed by atoms with Crippen molar-refractivity contribution in [1.29, 1.82) is 0 Å². The zero-order valence-corrected chi connectivity index (χ0v) is 27.4. The van der Waals surface area contributed by atoms with Gasteiger partial charge in [0.1, 0.15) is 29.1 Å². The molecule has 0 radical (unpaired) electrons. The highest BCUT2D eigenvalue weighted by Gasteiger charge is 2.49. The summed E-state index contributed by atoms with van der Waals surface area (Å²) in [6, 6.07) is 9.29. The van der Waals surface area contributed by atoms with E-state index in [1.54, 1.807) is 43.3 Å². The summed E-state index contributed by atoms with van der Waals surface area (Å²) in [5.41, 5.74) is 1.98. The van der Waals surface area contributed by atoms with E-state index >= 15 is 0 Å². The van der Waals surface area contributed by atoms with Gasteiger partial charge in [-0.15, -0.1) is 0 Å². The maximum atomic E-state index is 13.8. The van der Waals surface area contributed by atoms with Crippen LogP contribution >= 0.6 is 11.3 Å². The number of carbonyl (C=O) groups is 3. The van der Waals surface area contributed by atoms with Crippen LogP contribution in [-0.4, -0.2) is 53.7 Å². The second kappa shape index (κ2) is 13.8. The predicted molar refractivity (Wildman–Crippen MR) is 175 cm³/mol. The molecule has 0 spiro atoms. The SMILES string of the molecule is C=CCOC(=O)c1sc(N2C(=O)C(=O)/C(=C(\O)c3ccc4c(c3)CC(C)O4)C2c2ccc(OCCC(C)C)c(OCC)c2)nc1C. The summed E-state index contributed by atoms with van der Waals surface area (Å²) in [7, 11) is 0. The van der Waals surface area contributed by atoms with Gasteiger partial charge >= 0.3 is 11.9 Å². The number of aliphatic hydroxyl groups is 1. The lowest BCUT2D eigenvalue weighted by Crippen LogP contribution is -2.29. The minimum absolute atomic E-state index is 0.00636. The van der Waals surface area contributed by atoms with Crippen molar-refractivity contribution in [3.63, 3.8) is 0 Å². The number of nitrogens with zero attached hydrogens (tertiary/aromatic N) is 2. The summed E-state index contributed by atoms with van der Waals surface area (Å²) >= 11 is 0.933. The fourth-order valence-corrected chi connectivity index (χ4v) is 6.42. The quantitative estimate of drug-likeness (QED) is 0.0765. The molecule has 46 heavy (non-hydrogen) atoms. The molecular formula is C35H38N2O8S. The third kappa shape index (κ3) is 6.50. The number of hydrogen-bond acceptors (Lipinski definition) is 10. The molecule has 3 aromatic rings. The van der Waals surface area contributed by atoms with E-state index in [1.165, 1.54) is 11.0 Å². The fraction of sp³-hybridized carbons (Fsp3) is 0.371. The van der Waals surface area contributed by atoms with Crippen molar-refractivity contribution < 1.29 is 38.4 Å². The van der Waals surface area contributed by atoms with Crippen LogP contribution in [0.4, 0.5) is 5.13 Å². The Balaban J connectivity index is 1.65. The number of carbonyl (C=O) groups excluding carboxylic acids is 3. The minimum atomic E-state index is -1.09. The first-order chi connectivity index (χ1) is 22.0. The van der Waals surface area contributed by atoms with Crippen molar-refractivity contribution in [3.8, 4) is 17.2 Å². The molecule has 2 aliphatic rings. The molecule has 2 unspecified atom stereocenters. The van der Waals surface area contributed by atoms with Crippen LogP contribution < -0.4 is 19.1 Å². The number of rotatable bonds is 12. The van der Waals surface area contributed by atoms with Gasteiger partial charge in [0.2, 0.25) is 0 Å². The van der Waals surface area contributed by atoms with Crippen LogP contribution in [0.3, 0.4) is 0 Å². The molecule has 2 atom stereocenters. The molecule has 1 amide bonds. The summed E-state index contributed by atoms with van der Waals surface area (Å²) in [4.78, 5) is 46.3. The van der Waals surface area contributed by atoms with Gasteiger partial charge in [-0.1, -0.05) is 43.9 Å². The van der Waals surface area contributed by atoms with E-state index in [-0.39, 0.29) is 34.1 Å². The zero-order chi connectivity index (χ0) is 33.1. The molecule has 11 heteroatoms. The minimum Gasteiger partial charge on any atom is -0.507 e. The number of anilines is 1. The molecule has 5 rings (SSSR count). The molecule has 1 N–H and O–H groups in total. The van der Waals surface area contributed by atoms with Crippen LogP contribution in [0.15, 0.2) is 54.6 Å². The third-order valence-corrected chi connectivity index (χ3v) is 8.80. The number of hydrogen-bond donors (Lipinski definition) is 1. The predicted octanol–water partition coefficient (Wildman–Crippen LogP) is 6.57. The highest BCUT2D eigenvalue weighted by Crippen LogP contribution is 2.46. The van der Waals surface area contributed by atoms with Crippen LogP contribution in [-0.2, 0) is 20.7 Å². The van der Waals surface area contributed by atoms with Crippen LogP contribution in [0.5, 0.6) is 17.2 Å². The second-order valence-electron chi connectivity index (χ2n) is 11.6. The Morgan fingerprint density at radius 1 is 1.20 bits per heavy atom. The number of amides is 1. The molecule has 0 saturated carbocycles. The molecule has 242 valence electrons. The van der Waals surface area contributed by atoms with Crippen LogP contribution in [0.1, 0.15) is 72.2 Å². The number of aryl methyl sites for hydroxylation is 1. The Morgan fingerprint density at radius 2 is 1.98 bits per heavy atom. The van der Waals surface area contributed by atoms with Gasteiger partial charge in [0.05, 0.1) is 30.5 Å².